The Morgan fingerprint density at radius 1 is 0.974 bits per heavy atom. The lowest BCUT2D eigenvalue weighted by Gasteiger charge is -2.50. The molecule has 2 aliphatic heterocycles. The van der Waals surface area contributed by atoms with E-state index in [2.05, 4.69) is 0 Å². The molecule has 3 atom stereocenters. The lowest BCUT2D eigenvalue weighted by atomic mass is 9.75. The minimum Gasteiger partial charge on any atom is -0.490 e. The van der Waals surface area contributed by atoms with E-state index >= 15 is 4.39 Å². The molecule has 0 spiro atoms. The van der Waals surface area contributed by atoms with E-state index in [1.807, 2.05) is 0 Å². The van der Waals surface area contributed by atoms with Crippen LogP contribution in [-0.4, -0.2) is 59.4 Å². The average molecular weight is 585 g/mol. The van der Waals surface area contributed by atoms with Crippen molar-refractivity contribution in [1.29, 1.82) is 0 Å². The van der Waals surface area contributed by atoms with Crippen LogP contribution < -0.4 is 4.74 Å². The standard InChI is InChI=1S/C24H25F5O7S2/c25-18-6-7-19(26)22-21(18)23(38(33,34)16-4-2-15(3-5-16)24(27,28)29)9-11-35-20(17(23)14-36-22)8-13-37(31,32)12-1-10-30/h2-7,17,20,30H,1,8-14H2/t17-,20-,23-/m0/s1. The van der Waals surface area contributed by atoms with Crippen LogP contribution in [0, 0.1) is 17.6 Å². The zero-order valence-corrected chi connectivity index (χ0v) is 21.5. The molecule has 0 amide bonds. The van der Waals surface area contributed by atoms with E-state index in [1.165, 1.54) is 0 Å². The summed E-state index contributed by atoms with van der Waals surface area (Å²) in [6.07, 6.45) is -6.36. The maximum atomic E-state index is 15.4. The Bertz CT molecular complexity index is 1390. The van der Waals surface area contributed by atoms with Crippen LogP contribution in [0.1, 0.15) is 30.4 Å². The lowest BCUT2D eigenvalue weighted by molar-refractivity contribution is -0.137. The molecule has 1 saturated heterocycles. The molecule has 0 saturated carbocycles. The minimum absolute atomic E-state index is 0.00446. The molecule has 7 nitrogen and oxygen atoms in total. The van der Waals surface area contributed by atoms with E-state index in [1.54, 1.807) is 0 Å². The van der Waals surface area contributed by atoms with Gasteiger partial charge in [-0.05, 0) is 55.7 Å². The monoisotopic (exact) mass is 584 g/mol. The topological polar surface area (TPSA) is 107 Å². The Kier molecular flexibility index (Phi) is 7.83. The maximum Gasteiger partial charge on any atom is 0.416 e. The molecule has 2 heterocycles. The van der Waals surface area contributed by atoms with E-state index in [0.29, 0.717) is 12.1 Å². The number of sulfone groups is 2. The third-order valence-electron chi connectivity index (χ3n) is 7.04. The van der Waals surface area contributed by atoms with Crippen molar-refractivity contribution >= 4 is 19.7 Å². The number of aliphatic hydroxyl groups excluding tert-OH is 1. The molecule has 2 aromatic carbocycles. The van der Waals surface area contributed by atoms with Crippen molar-refractivity contribution in [2.24, 2.45) is 5.92 Å². The number of hydrogen-bond acceptors (Lipinski definition) is 7. The van der Waals surface area contributed by atoms with Crippen molar-refractivity contribution in [3.63, 3.8) is 0 Å². The summed E-state index contributed by atoms with van der Waals surface area (Å²) in [5, 5.41) is 8.93. The zero-order chi connectivity index (χ0) is 27.9. The first kappa shape index (κ1) is 28.7. The van der Waals surface area contributed by atoms with Crippen LogP contribution in [-0.2, 0) is 35.3 Å². The van der Waals surface area contributed by atoms with Crippen LogP contribution >= 0.6 is 0 Å². The highest BCUT2D eigenvalue weighted by Crippen LogP contribution is 2.56. The predicted octanol–water partition coefficient (Wildman–Crippen LogP) is 3.64. The molecule has 14 heteroatoms. The molecule has 0 unspecified atom stereocenters. The van der Waals surface area contributed by atoms with Crippen LogP contribution in [0.4, 0.5) is 22.0 Å². The molecule has 210 valence electrons. The van der Waals surface area contributed by atoms with E-state index in [9.17, 15) is 34.4 Å². The Labute approximate surface area is 216 Å². The number of rotatable bonds is 8. The fourth-order valence-electron chi connectivity index (χ4n) is 5.23. The summed E-state index contributed by atoms with van der Waals surface area (Å²) in [6, 6.07) is 4.22. The van der Waals surface area contributed by atoms with Gasteiger partial charge in [0.05, 0.1) is 40.2 Å². The summed E-state index contributed by atoms with van der Waals surface area (Å²) < 4.78 is 132. The van der Waals surface area contributed by atoms with Crippen molar-refractivity contribution < 1.29 is 53.4 Å². The summed E-state index contributed by atoms with van der Waals surface area (Å²) in [5.41, 5.74) is -1.68. The Hall–Kier alpha value is -2.29. The van der Waals surface area contributed by atoms with Crippen LogP contribution in [0.15, 0.2) is 41.3 Å². The summed E-state index contributed by atoms with van der Waals surface area (Å²) in [7, 11) is -8.37. The first-order chi connectivity index (χ1) is 17.7. The Morgan fingerprint density at radius 3 is 2.26 bits per heavy atom. The number of fused-ring (bicyclic) bond motifs is 3. The van der Waals surface area contributed by atoms with Gasteiger partial charge in [0.15, 0.2) is 31.2 Å². The molecule has 0 bridgehead atoms. The van der Waals surface area contributed by atoms with Crippen LogP contribution in [0.5, 0.6) is 5.75 Å². The second-order valence-corrected chi connectivity index (χ2v) is 13.8. The van der Waals surface area contributed by atoms with Gasteiger partial charge in [0.2, 0.25) is 0 Å². The molecule has 2 aliphatic rings. The molecule has 4 rings (SSSR count). The minimum atomic E-state index is -4.73. The van der Waals surface area contributed by atoms with E-state index < -0.39 is 88.4 Å². The molecule has 38 heavy (non-hydrogen) atoms. The number of hydrogen-bond donors (Lipinski definition) is 1. The predicted molar refractivity (Wildman–Crippen MR) is 125 cm³/mol. The molecule has 0 aromatic heterocycles. The number of benzene rings is 2. The Balaban J connectivity index is 1.84. The number of aliphatic hydroxyl groups is 1. The highest BCUT2D eigenvalue weighted by Gasteiger charge is 2.61. The molecule has 0 aliphatic carbocycles. The van der Waals surface area contributed by atoms with Gasteiger partial charge in [-0.15, -0.1) is 0 Å². The van der Waals surface area contributed by atoms with E-state index in [-0.39, 0.29) is 38.2 Å². The number of alkyl halides is 3. The van der Waals surface area contributed by atoms with Gasteiger partial charge >= 0.3 is 6.18 Å². The largest absolute Gasteiger partial charge is 0.490 e. The van der Waals surface area contributed by atoms with Crippen molar-refractivity contribution in [2.45, 2.75) is 41.2 Å². The number of halogens is 5. The summed E-state index contributed by atoms with van der Waals surface area (Å²) >= 11 is 0. The van der Waals surface area contributed by atoms with Gasteiger partial charge in [-0.25, -0.2) is 25.6 Å². The summed E-state index contributed by atoms with van der Waals surface area (Å²) in [4.78, 5) is -0.539. The molecular formula is C24H25F5O7S2. The Morgan fingerprint density at radius 2 is 1.63 bits per heavy atom. The molecule has 0 radical (unpaired) electrons. The van der Waals surface area contributed by atoms with Gasteiger partial charge in [-0.1, -0.05) is 0 Å². The molecule has 1 fully saturated rings. The SMILES string of the molecule is O=S(=O)(CCCO)CC[C@@H]1OCC[C@@]2(S(=O)(=O)c3ccc(C(F)(F)F)cc3)c3c(F)ccc(F)c3OC[C@@H]12. The zero-order valence-electron chi connectivity index (χ0n) is 19.9. The van der Waals surface area contributed by atoms with Gasteiger partial charge in [0.25, 0.3) is 0 Å². The van der Waals surface area contributed by atoms with Crippen LogP contribution in [0.3, 0.4) is 0 Å². The normalized spacial score (nSPS) is 23.8. The first-order valence-electron chi connectivity index (χ1n) is 11.7. The van der Waals surface area contributed by atoms with Crippen molar-refractivity contribution in [3.05, 3.63) is 59.2 Å². The molecular weight excluding hydrogens is 559 g/mol. The highest BCUT2D eigenvalue weighted by atomic mass is 32.2. The van der Waals surface area contributed by atoms with Gasteiger partial charge in [0, 0.05) is 19.1 Å². The average Bonchev–Trinajstić information content (AvgIpc) is 2.87. The highest BCUT2D eigenvalue weighted by molar-refractivity contribution is 7.92. The van der Waals surface area contributed by atoms with E-state index in [0.717, 1.165) is 24.3 Å². The van der Waals surface area contributed by atoms with E-state index in [4.69, 9.17) is 14.6 Å². The quantitative estimate of drug-likeness (QED) is 0.473. The fraction of sp³-hybridized carbons (Fsp3) is 0.500. The molecule has 2 aromatic rings. The van der Waals surface area contributed by atoms with Crippen molar-refractivity contribution in [1.82, 2.24) is 0 Å². The number of ether oxygens (including phenoxy) is 2. The van der Waals surface area contributed by atoms with Gasteiger partial charge in [0.1, 0.15) is 10.6 Å². The van der Waals surface area contributed by atoms with Crippen LogP contribution in [0.2, 0.25) is 0 Å². The second-order valence-electron chi connectivity index (χ2n) is 9.24. The third-order valence-corrected chi connectivity index (χ3v) is 11.4. The van der Waals surface area contributed by atoms with Crippen molar-refractivity contribution in [2.75, 3.05) is 31.3 Å². The van der Waals surface area contributed by atoms with Gasteiger partial charge < -0.3 is 14.6 Å². The van der Waals surface area contributed by atoms with Crippen LogP contribution in [0.25, 0.3) is 0 Å². The summed E-state index contributed by atoms with van der Waals surface area (Å²) in [6.45, 7) is -1.08. The first-order valence-corrected chi connectivity index (χ1v) is 15.0. The van der Waals surface area contributed by atoms with Gasteiger partial charge in [-0.2, -0.15) is 13.2 Å². The maximum absolute atomic E-state index is 15.4. The second kappa shape index (κ2) is 10.4. The summed E-state index contributed by atoms with van der Waals surface area (Å²) in [5.74, 6) is -4.67. The van der Waals surface area contributed by atoms with Gasteiger partial charge in [-0.3, -0.25) is 0 Å². The fourth-order valence-corrected chi connectivity index (χ4v) is 8.93. The molecule has 1 N–H and O–H groups in total. The van der Waals surface area contributed by atoms with Crippen molar-refractivity contribution in [3.8, 4) is 5.75 Å². The smallest absolute Gasteiger partial charge is 0.416 e. The third kappa shape index (κ3) is 5.03. The lowest BCUT2D eigenvalue weighted by Crippen LogP contribution is -2.57.